The van der Waals surface area contributed by atoms with E-state index in [0.717, 1.165) is 11.1 Å². The maximum atomic E-state index is 12.5. The van der Waals surface area contributed by atoms with Crippen molar-refractivity contribution in [2.75, 3.05) is 20.3 Å². The van der Waals surface area contributed by atoms with Crippen molar-refractivity contribution in [3.8, 4) is 17.6 Å². The van der Waals surface area contributed by atoms with E-state index in [1.165, 1.54) is 11.0 Å². The van der Waals surface area contributed by atoms with Crippen molar-refractivity contribution < 1.29 is 14.3 Å². The normalized spacial score (nSPS) is 10.3. The van der Waals surface area contributed by atoms with Crippen molar-refractivity contribution in [3.63, 3.8) is 0 Å². The Hall–Kier alpha value is -3.26. The molecular formula is C21H22N2O3. The maximum absolute atomic E-state index is 12.5. The Morgan fingerprint density at radius 1 is 1.19 bits per heavy atom. The number of ether oxygens (including phenoxy) is 2. The average Bonchev–Trinajstić information content (AvgIpc) is 2.67. The van der Waals surface area contributed by atoms with Crippen LogP contribution >= 0.6 is 0 Å². The molecule has 0 heterocycles. The fourth-order valence-electron chi connectivity index (χ4n) is 2.44. The summed E-state index contributed by atoms with van der Waals surface area (Å²) in [6.07, 6.45) is 3.18. The minimum Gasteiger partial charge on any atom is -0.493 e. The summed E-state index contributed by atoms with van der Waals surface area (Å²) in [5.74, 6) is 1.05. The number of amides is 1. The zero-order valence-electron chi connectivity index (χ0n) is 15.0. The molecular weight excluding hydrogens is 328 g/mol. The second-order valence-corrected chi connectivity index (χ2v) is 5.51. The van der Waals surface area contributed by atoms with Gasteiger partial charge in [0.2, 0.25) is 5.91 Å². The molecule has 0 aliphatic carbocycles. The molecule has 5 nitrogen and oxygen atoms in total. The Morgan fingerprint density at radius 2 is 1.96 bits per heavy atom. The van der Waals surface area contributed by atoms with Gasteiger partial charge in [-0.2, -0.15) is 5.26 Å². The van der Waals surface area contributed by atoms with Crippen molar-refractivity contribution in [2.45, 2.75) is 13.5 Å². The van der Waals surface area contributed by atoms with Gasteiger partial charge >= 0.3 is 0 Å². The monoisotopic (exact) mass is 350 g/mol. The van der Waals surface area contributed by atoms with Gasteiger partial charge in [-0.3, -0.25) is 4.79 Å². The number of carbonyl (C=O) groups excluding carboxylic acids is 1. The molecule has 2 aromatic rings. The van der Waals surface area contributed by atoms with E-state index in [1.807, 2.05) is 55.5 Å². The number of hydrogen-bond donors (Lipinski definition) is 0. The first-order valence-corrected chi connectivity index (χ1v) is 8.36. The van der Waals surface area contributed by atoms with Gasteiger partial charge < -0.3 is 14.4 Å². The summed E-state index contributed by atoms with van der Waals surface area (Å²) >= 11 is 0. The lowest BCUT2D eigenvalue weighted by atomic mass is 10.1. The van der Waals surface area contributed by atoms with Gasteiger partial charge in [-0.05, 0) is 36.3 Å². The Labute approximate surface area is 154 Å². The van der Waals surface area contributed by atoms with Crippen LogP contribution in [0.25, 0.3) is 6.08 Å². The van der Waals surface area contributed by atoms with E-state index in [1.54, 1.807) is 19.3 Å². The van der Waals surface area contributed by atoms with Crippen LogP contribution in [0.1, 0.15) is 18.1 Å². The number of benzene rings is 2. The van der Waals surface area contributed by atoms with Gasteiger partial charge in [0.1, 0.15) is 6.54 Å². The molecule has 0 aliphatic rings. The standard InChI is InChI=1S/C21H22N2O3/c1-3-26-20-15-17(9-11-19(20)25-2)10-12-21(24)23(14-13-22)16-18-7-5-4-6-8-18/h4-12,15H,3,14,16H2,1-2H3. The van der Waals surface area contributed by atoms with E-state index in [9.17, 15) is 4.79 Å². The summed E-state index contributed by atoms with van der Waals surface area (Å²) in [5.41, 5.74) is 1.80. The van der Waals surface area contributed by atoms with Crippen LogP contribution in [0.15, 0.2) is 54.6 Å². The predicted octanol–water partition coefficient (Wildman–Crippen LogP) is 3.66. The van der Waals surface area contributed by atoms with Crippen molar-refractivity contribution in [2.24, 2.45) is 0 Å². The summed E-state index contributed by atoms with van der Waals surface area (Å²) in [6, 6.07) is 17.1. The molecule has 5 heteroatoms. The highest BCUT2D eigenvalue weighted by Gasteiger charge is 2.11. The molecule has 0 N–H and O–H groups in total. The first-order chi connectivity index (χ1) is 12.7. The average molecular weight is 350 g/mol. The lowest BCUT2D eigenvalue weighted by Crippen LogP contribution is -2.29. The van der Waals surface area contributed by atoms with E-state index in [4.69, 9.17) is 14.7 Å². The molecule has 0 saturated heterocycles. The quantitative estimate of drug-likeness (QED) is 0.538. The van der Waals surface area contributed by atoms with Crippen molar-refractivity contribution in [1.82, 2.24) is 4.90 Å². The van der Waals surface area contributed by atoms with Crippen LogP contribution < -0.4 is 9.47 Å². The molecule has 0 bridgehead atoms. The summed E-state index contributed by atoms with van der Waals surface area (Å²) in [5, 5.41) is 9.00. The summed E-state index contributed by atoms with van der Waals surface area (Å²) in [6.45, 7) is 2.85. The van der Waals surface area contributed by atoms with Gasteiger partial charge in [0.25, 0.3) is 0 Å². The predicted molar refractivity (Wildman–Crippen MR) is 101 cm³/mol. The second-order valence-electron chi connectivity index (χ2n) is 5.51. The molecule has 0 radical (unpaired) electrons. The van der Waals surface area contributed by atoms with Gasteiger partial charge in [0.15, 0.2) is 11.5 Å². The van der Waals surface area contributed by atoms with E-state index in [2.05, 4.69) is 0 Å². The van der Waals surface area contributed by atoms with E-state index in [-0.39, 0.29) is 12.5 Å². The molecule has 2 aromatic carbocycles. The number of hydrogen-bond acceptors (Lipinski definition) is 4. The van der Waals surface area contributed by atoms with Crippen LogP contribution in [0.2, 0.25) is 0 Å². The van der Waals surface area contributed by atoms with E-state index < -0.39 is 0 Å². The Morgan fingerprint density at radius 3 is 2.62 bits per heavy atom. The SMILES string of the molecule is CCOc1cc(C=CC(=O)N(CC#N)Cc2ccccc2)ccc1OC. The maximum Gasteiger partial charge on any atom is 0.247 e. The number of carbonyl (C=O) groups is 1. The summed E-state index contributed by atoms with van der Waals surface area (Å²) in [4.78, 5) is 14.0. The topological polar surface area (TPSA) is 62.6 Å². The zero-order chi connectivity index (χ0) is 18.8. The fourth-order valence-corrected chi connectivity index (χ4v) is 2.44. The zero-order valence-corrected chi connectivity index (χ0v) is 15.0. The number of methoxy groups -OCH3 is 1. The Balaban J connectivity index is 2.12. The largest absolute Gasteiger partial charge is 0.493 e. The molecule has 0 fully saturated rings. The first kappa shape index (κ1) is 19.1. The van der Waals surface area contributed by atoms with Crippen LogP contribution in [0.5, 0.6) is 11.5 Å². The van der Waals surface area contributed by atoms with Gasteiger partial charge in [0.05, 0.1) is 19.8 Å². The summed E-state index contributed by atoms with van der Waals surface area (Å²) in [7, 11) is 1.58. The molecule has 0 spiro atoms. The highest BCUT2D eigenvalue weighted by Crippen LogP contribution is 2.28. The lowest BCUT2D eigenvalue weighted by molar-refractivity contribution is -0.125. The third-order valence-electron chi connectivity index (χ3n) is 3.70. The minimum absolute atomic E-state index is 0.0326. The fraction of sp³-hybridized carbons (Fsp3) is 0.238. The third kappa shape index (κ3) is 5.38. The van der Waals surface area contributed by atoms with Gasteiger partial charge in [-0.1, -0.05) is 36.4 Å². The number of nitrogens with zero attached hydrogens (tertiary/aromatic N) is 2. The Kier molecular flexibility index (Phi) is 7.26. The lowest BCUT2D eigenvalue weighted by Gasteiger charge is -2.17. The third-order valence-corrected chi connectivity index (χ3v) is 3.70. The van der Waals surface area contributed by atoms with Crippen LogP contribution in [0.3, 0.4) is 0 Å². The molecule has 26 heavy (non-hydrogen) atoms. The minimum atomic E-state index is -0.218. The molecule has 0 atom stereocenters. The molecule has 0 unspecified atom stereocenters. The van der Waals surface area contributed by atoms with Gasteiger partial charge in [0, 0.05) is 12.6 Å². The van der Waals surface area contributed by atoms with Crippen LogP contribution in [-0.2, 0) is 11.3 Å². The van der Waals surface area contributed by atoms with Gasteiger partial charge in [-0.25, -0.2) is 0 Å². The smallest absolute Gasteiger partial charge is 0.247 e. The highest BCUT2D eigenvalue weighted by atomic mass is 16.5. The second kappa shape index (κ2) is 9.90. The Bertz CT molecular complexity index is 795. The molecule has 0 saturated carbocycles. The van der Waals surface area contributed by atoms with Crippen molar-refractivity contribution in [3.05, 3.63) is 65.7 Å². The molecule has 1 amide bonds. The van der Waals surface area contributed by atoms with Crippen molar-refractivity contribution >= 4 is 12.0 Å². The van der Waals surface area contributed by atoms with E-state index in [0.29, 0.717) is 24.7 Å². The first-order valence-electron chi connectivity index (χ1n) is 8.36. The number of rotatable bonds is 8. The van der Waals surface area contributed by atoms with E-state index >= 15 is 0 Å². The van der Waals surface area contributed by atoms with Gasteiger partial charge in [-0.15, -0.1) is 0 Å². The molecule has 2 rings (SSSR count). The summed E-state index contributed by atoms with van der Waals surface area (Å²) < 4.78 is 10.8. The highest BCUT2D eigenvalue weighted by molar-refractivity contribution is 5.92. The molecule has 134 valence electrons. The van der Waals surface area contributed by atoms with Crippen LogP contribution in [0, 0.1) is 11.3 Å². The molecule has 0 aromatic heterocycles. The van der Waals surface area contributed by atoms with Crippen LogP contribution in [0.4, 0.5) is 0 Å². The van der Waals surface area contributed by atoms with Crippen LogP contribution in [-0.4, -0.2) is 31.1 Å². The molecule has 0 aliphatic heterocycles. The number of nitriles is 1. The van der Waals surface area contributed by atoms with Crippen molar-refractivity contribution in [1.29, 1.82) is 5.26 Å².